The molecule has 0 aliphatic carbocycles. The second-order valence-electron chi connectivity index (χ2n) is 4.16. The molecule has 0 aliphatic rings. The number of nitrogen functional groups attached to an aromatic ring is 1. The fourth-order valence-corrected chi connectivity index (χ4v) is 1.91. The number of hydrogen-bond acceptors (Lipinski definition) is 2. The van der Waals surface area contributed by atoms with Crippen molar-refractivity contribution in [1.29, 1.82) is 0 Å². The van der Waals surface area contributed by atoms with Crippen LogP contribution in [0.1, 0.15) is 5.56 Å². The van der Waals surface area contributed by atoms with Crippen molar-refractivity contribution in [2.75, 3.05) is 17.6 Å². The molecule has 0 aliphatic heterocycles. The molecule has 2 rings (SSSR count). The molecule has 0 saturated heterocycles. The zero-order chi connectivity index (χ0) is 13.8. The van der Waals surface area contributed by atoms with Crippen molar-refractivity contribution in [2.45, 2.75) is 6.42 Å². The van der Waals surface area contributed by atoms with E-state index in [0.717, 1.165) is 5.56 Å². The molecular formula is C14H13ClF2N2. The van der Waals surface area contributed by atoms with Crippen LogP contribution in [0.25, 0.3) is 0 Å². The Labute approximate surface area is 115 Å². The summed E-state index contributed by atoms with van der Waals surface area (Å²) in [6.45, 7) is 0.551. The molecule has 0 aromatic heterocycles. The van der Waals surface area contributed by atoms with Crippen LogP contribution >= 0.6 is 11.6 Å². The third-order valence-electron chi connectivity index (χ3n) is 2.71. The molecule has 0 amide bonds. The van der Waals surface area contributed by atoms with E-state index in [2.05, 4.69) is 5.32 Å². The molecule has 0 atom stereocenters. The van der Waals surface area contributed by atoms with Crippen LogP contribution in [-0.2, 0) is 6.42 Å². The normalized spacial score (nSPS) is 10.5. The Morgan fingerprint density at radius 1 is 1.16 bits per heavy atom. The maximum atomic E-state index is 13.1. The highest BCUT2D eigenvalue weighted by Gasteiger charge is 2.05. The van der Waals surface area contributed by atoms with Gasteiger partial charge < -0.3 is 11.1 Å². The number of nitrogens with one attached hydrogen (secondary N) is 1. The third kappa shape index (κ3) is 3.58. The average Bonchev–Trinajstić information content (AvgIpc) is 2.35. The van der Waals surface area contributed by atoms with Crippen LogP contribution in [0.15, 0.2) is 36.4 Å². The van der Waals surface area contributed by atoms with Gasteiger partial charge in [-0.1, -0.05) is 23.7 Å². The number of benzene rings is 2. The van der Waals surface area contributed by atoms with Gasteiger partial charge in [-0.3, -0.25) is 0 Å². The highest BCUT2D eigenvalue weighted by molar-refractivity contribution is 6.31. The lowest BCUT2D eigenvalue weighted by Crippen LogP contribution is -2.07. The number of hydrogen-bond donors (Lipinski definition) is 2. The van der Waals surface area contributed by atoms with Gasteiger partial charge in [-0.05, 0) is 30.2 Å². The van der Waals surface area contributed by atoms with E-state index in [1.54, 1.807) is 6.07 Å². The van der Waals surface area contributed by atoms with Crippen molar-refractivity contribution in [3.05, 3.63) is 58.6 Å². The monoisotopic (exact) mass is 282 g/mol. The molecule has 0 radical (unpaired) electrons. The van der Waals surface area contributed by atoms with E-state index in [1.165, 1.54) is 24.3 Å². The van der Waals surface area contributed by atoms with E-state index >= 15 is 0 Å². The molecule has 0 spiro atoms. The van der Waals surface area contributed by atoms with Crippen molar-refractivity contribution < 1.29 is 8.78 Å². The van der Waals surface area contributed by atoms with Gasteiger partial charge in [0.2, 0.25) is 0 Å². The van der Waals surface area contributed by atoms with Crippen molar-refractivity contribution in [2.24, 2.45) is 0 Å². The summed E-state index contributed by atoms with van der Waals surface area (Å²) in [4.78, 5) is 0. The molecule has 0 unspecified atom stereocenters. The molecule has 0 fully saturated rings. The summed E-state index contributed by atoms with van der Waals surface area (Å²) in [5.74, 6) is -0.809. The van der Waals surface area contributed by atoms with Crippen molar-refractivity contribution >= 4 is 23.0 Å². The van der Waals surface area contributed by atoms with Crippen LogP contribution in [0.3, 0.4) is 0 Å². The van der Waals surface area contributed by atoms with E-state index in [0.29, 0.717) is 24.3 Å². The molecule has 100 valence electrons. The summed E-state index contributed by atoms with van der Waals surface area (Å²) in [5.41, 5.74) is 7.41. The highest BCUT2D eigenvalue weighted by Crippen LogP contribution is 2.26. The minimum absolute atomic E-state index is 0.0162. The molecule has 0 saturated carbocycles. The van der Waals surface area contributed by atoms with E-state index < -0.39 is 5.82 Å². The number of halogens is 3. The van der Waals surface area contributed by atoms with Crippen LogP contribution in [0.2, 0.25) is 5.02 Å². The second kappa shape index (κ2) is 5.89. The van der Waals surface area contributed by atoms with Crippen LogP contribution in [-0.4, -0.2) is 6.54 Å². The molecule has 5 heteroatoms. The van der Waals surface area contributed by atoms with Crippen LogP contribution in [0.4, 0.5) is 20.2 Å². The van der Waals surface area contributed by atoms with Gasteiger partial charge in [0.25, 0.3) is 0 Å². The van der Waals surface area contributed by atoms with Crippen LogP contribution in [0, 0.1) is 11.6 Å². The van der Waals surface area contributed by atoms with Crippen molar-refractivity contribution in [1.82, 2.24) is 0 Å². The minimum Gasteiger partial charge on any atom is -0.397 e. The molecule has 3 N–H and O–H groups in total. The molecule has 2 aromatic carbocycles. The lowest BCUT2D eigenvalue weighted by molar-refractivity contribution is 0.625. The molecule has 2 aromatic rings. The predicted octanol–water partition coefficient (Wildman–Crippen LogP) is 3.86. The van der Waals surface area contributed by atoms with E-state index in [4.69, 9.17) is 17.3 Å². The predicted molar refractivity (Wildman–Crippen MR) is 74.4 cm³/mol. The highest BCUT2D eigenvalue weighted by atomic mass is 35.5. The molecular weight excluding hydrogens is 270 g/mol. The van der Waals surface area contributed by atoms with Gasteiger partial charge >= 0.3 is 0 Å². The molecule has 0 heterocycles. The first-order valence-corrected chi connectivity index (χ1v) is 6.17. The fraction of sp³-hybridized carbons (Fsp3) is 0.143. The first-order chi connectivity index (χ1) is 9.06. The summed E-state index contributed by atoms with van der Waals surface area (Å²) >= 11 is 5.68. The van der Waals surface area contributed by atoms with Gasteiger partial charge in [0.1, 0.15) is 11.6 Å². The fourth-order valence-electron chi connectivity index (χ4n) is 1.75. The number of nitrogens with two attached hydrogens (primary N) is 1. The van der Waals surface area contributed by atoms with Gasteiger partial charge in [0.15, 0.2) is 0 Å². The van der Waals surface area contributed by atoms with Gasteiger partial charge in [-0.2, -0.15) is 0 Å². The Morgan fingerprint density at radius 3 is 2.68 bits per heavy atom. The number of anilines is 2. The first kappa shape index (κ1) is 13.6. The Hall–Kier alpha value is -1.81. The third-order valence-corrected chi connectivity index (χ3v) is 3.00. The summed E-state index contributed by atoms with van der Waals surface area (Å²) in [5, 5.41) is 3.07. The summed E-state index contributed by atoms with van der Waals surface area (Å²) in [6.07, 6.45) is 0.631. The first-order valence-electron chi connectivity index (χ1n) is 5.79. The maximum Gasteiger partial charge on any atom is 0.143 e. The van der Waals surface area contributed by atoms with Gasteiger partial charge in [-0.15, -0.1) is 0 Å². The smallest absolute Gasteiger partial charge is 0.143 e. The van der Waals surface area contributed by atoms with Gasteiger partial charge in [-0.25, -0.2) is 8.78 Å². The Morgan fingerprint density at radius 2 is 1.95 bits per heavy atom. The van der Waals surface area contributed by atoms with Gasteiger partial charge in [0.05, 0.1) is 16.4 Å². The largest absolute Gasteiger partial charge is 0.397 e. The van der Waals surface area contributed by atoms with Crippen molar-refractivity contribution in [3.8, 4) is 0 Å². The molecule has 19 heavy (non-hydrogen) atoms. The van der Waals surface area contributed by atoms with E-state index in [-0.39, 0.29) is 10.8 Å². The van der Waals surface area contributed by atoms with E-state index in [1.807, 2.05) is 6.07 Å². The summed E-state index contributed by atoms with van der Waals surface area (Å²) in [6, 6.07) is 8.99. The summed E-state index contributed by atoms with van der Waals surface area (Å²) in [7, 11) is 0. The lowest BCUT2D eigenvalue weighted by Gasteiger charge is -2.10. The average molecular weight is 283 g/mol. The van der Waals surface area contributed by atoms with Crippen LogP contribution < -0.4 is 11.1 Å². The van der Waals surface area contributed by atoms with Gasteiger partial charge in [0, 0.05) is 12.6 Å². The quantitative estimate of drug-likeness (QED) is 0.836. The lowest BCUT2D eigenvalue weighted by atomic mass is 10.1. The molecule has 0 bridgehead atoms. The second-order valence-corrected chi connectivity index (χ2v) is 4.57. The Kier molecular flexibility index (Phi) is 4.22. The molecule has 2 nitrogen and oxygen atoms in total. The Balaban J connectivity index is 1.98. The standard InChI is InChI=1S/C14H13ClF2N2/c15-11-7-14(13(18)8-12(11)17)19-5-4-9-2-1-3-10(16)6-9/h1-3,6-8,19H,4-5,18H2. The van der Waals surface area contributed by atoms with Crippen molar-refractivity contribution in [3.63, 3.8) is 0 Å². The SMILES string of the molecule is Nc1cc(F)c(Cl)cc1NCCc1cccc(F)c1. The van der Waals surface area contributed by atoms with Crippen LogP contribution in [0.5, 0.6) is 0 Å². The zero-order valence-corrected chi connectivity index (χ0v) is 10.8. The number of rotatable bonds is 4. The zero-order valence-electron chi connectivity index (χ0n) is 10.1. The van der Waals surface area contributed by atoms with E-state index in [9.17, 15) is 8.78 Å². The topological polar surface area (TPSA) is 38.0 Å². The minimum atomic E-state index is -0.546. The maximum absolute atomic E-state index is 13.1. The Bertz CT molecular complexity index is 588. The summed E-state index contributed by atoms with van der Waals surface area (Å²) < 4.78 is 26.1.